The molecule has 5 heteroatoms. The number of benzene rings is 2. The molecule has 0 spiro atoms. The molecule has 29 heavy (non-hydrogen) atoms. The van der Waals surface area contributed by atoms with Gasteiger partial charge in [0, 0.05) is 12.5 Å². The number of carboxylic acid groups (broad SMARTS) is 1. The van der Waals surface area contributed by atoms with E-state index in [1.165, 1.54) is 0 Å². The van der Waals surface area contributed by atoms with Gasteiger partial charge in [-0.1, -0.05) is 30.7 Å². The summed E-state index contributed by atoms with van der Waals surface area (Å²) in [5, 5.41) is 8.97. The Balaban J connectivity index is 1.27. The maximum Gasteiger partial charge on any atom is 0.335 e. The van der Waals surface area contributed by atoms with Gasteiger partial charge in [0.1, 0.15) is 5.75 Å². The molecule has 1 N–H and O–H groups in total. The Morgan fingerprint density at radius 3 is 2.14 bits per heavy atom. The molecule has 5 nitrogen and oxygen atoms in total. The quantitative estimate of drug-likeness (QED) is 0.507. The first kappa shape index (κ1) is 21.3. The Morgan fingerprint density at radius 1 is 0.966 bits per heavy atom. The van der Waals surface area contributed by atoms with Crippen molar-refractivity contribution in [2.75, 3.05) is 26.4 Å². The molecule has 2 aromatic carbocycles. The number of hydrogen-bond acceptors (Lipinski definition) is 4. The zero-order valence-electron chi connectivity index (χ0n) is 17.0. The van der Waals surface area contributed by atoms with Crippen LogP contribution in [0.25, 0.3) is 11.1 Å². The lowest BCUT2D eigenvalue weighted by Crippen LogP contribution is -2.40. The summed E-state index contributed by atoms with van der Waals surface area (Å²) in [6.07, 6.45) is 4.79. The number of ether oxygens (including phenoxy) is 3. The molecular formula is C24H30O5. The second-order valence-electron chi connectivity index (χ2n) is 7.54. The van der Waals surface area contributed by atoms with E-state index in [2.05, 4.69) is 6.92 Å². The van der Waals surface area contributed by atoms with Crippen LogP contribution in [0.3, 0.4) is 0 Å². The van der Waals surface area contributed by atoms with Crippen molar-refractivity contribution in [1.82, 2.24) is 0 Å². The van der Waals surface area contributed by atoms with Crippen LogP contribution in [0.1, 0.15) is 43.0 Å². The van der Waals surface area contributed by atoms with Crippen molar-refractivity contribution in [2.45, 2.75) is 38.7 Å². The van der Waals surface area contributed by atoms with Crippen molar-refractivity contribution in [3.8, 4) is 16.9 Å². The number of carbonyl (C=O) groups is 1. The van der Waals surface area contributed by atoms with E-state index in [1.54, 1.807) is 12.1 Å². The first-order chi connectivity index (χ1) is 14.1. The second-order valence-corrected chi connectivity index (χ2v) is 7.54. The van der Waals surface area contributed by atoms with Gasteiger partial charge in [0.05, 0.1) is 31.5 Å². The molecule has 1 heterocycles. The molecule has 2 atom stereocenters. The maximum atomic E-state index is 10.9. The highest BCUT2D eigenvalue weighted by atomic mass is 16.5. The fourth-order valence-electron chi connectivity index (χ4n) is 3.24. The molecule has 1 saturated heterocycles. The van der Waals surface area contributed by atoms with Gasteiger partial charge < -0.3 is 19.3 Å². The third-order valence-electron chi connectivity index (χ3n) is 5.34. The van der Waals surface area contributed by atoms with Crippen LogP contribution in [-0.2, 0) is 9.47 Å². The minimum Gasteiger partial charge on any atom is -0.494 e. The van der Waals surface area contributed by atoms with E-state index in [-0.39, 0.29) is 0 Å². The number of carboxylic acids is 1. The first-order valence-electron chi connectivity index (χ1n) is 10.4. The minimum atomic E-state index is -0.911. The van der Waals surface area contributed by atoms with E-state index >= 15 is 0 Å². The summed E-state index contributed by atoms with van der Waals surface area (Å²) >= 11 is 0. The van der Waals surface area contributed by atoms with Gasteiger partial charge in [-0.25, -0.2) is 4.79 Å². The van der Waals surface area contributed by atoms with Crippen molar-refractivity contribution >= 4 is 5.97 Å². The molecule has 0 radical (unpaired) electrons. The highest BCUT2D eigenvalue weighted by Gasteiger charge is 2.27. The minimum absolute atomic E-state index is 0.294. The fraction of sp³-hybridized carbons (Fsp3) is 0.458. The number of hydrogen-bond donors (Lipinski definition) is 1. The topological polar surface area (TPSA) is 65.0 Å². The number of aromatic carboxylic acids is 1. The predicted molar refractivity (Wildman–Crippen MR) is 113 cm³/mol. The maximum absolute atomic E-state index is 10.9. The monoisotopic (exact) mass is 398 g/mol. The summed E-state index contributed by atoms with van der Waals surface area (Å²) in [5.41, 5.74) is 2.32. The average molecular weight is 398 g/mol. The normalized spacial score (nSPS) is 18.2. The van der Waals surface area contributed by atoms with Crippen LogP contribution >= 0.6 is 0 Å². The molecule has 1 aliphatic rings. The Kier molecular flexibility index (Phi) is 8.08. The molecule has 0 aliphatic carbocycles. The summed E-state index contributed by atoms with van der Waals surface area (Å²) in [4.78, 5) is 10.9. The van der Waals surface area contributed by atoms with Crippen LogP contribution in [0.4, 0.5) is 0 Å². The largest absolute Gasteiger partial charge is 0.494 e. The van der Waals surface area contributed by atoms with Crippen LogP contribution in [-0.4, -0.2) is 43.6 Å². The molecular weight excluding hydrogens is 368 g/mol. The van der Waals surface area contributed by atoms with E-state index in [9.17, 15) is 4.79 Å². The summed E-state index contributed by atoms with van der Waals surface area (Å²) in [5.74, 6) is 0.529. The van der Waals surface area contributed by atoms with Crippen LogP contribution < -0.4 is 4.74 Å². The fourth-order valence-corrected chi connectivity index (χ4v) is 3.24. The highest BCUT2D eigenvalue weighted by molar-refractivity contribution is 5.88. The molecule has 1 aliphatic heterocycles. The van der Waals surface area contributed by atoms with Crippen molar-refractivity contribution in [3.05, 3.63) is 54.1 Å². The third-order valence-corrected chi connectivity index (χ3v) is 5.34. The van der Waals surface area contributed by atoms with Crippen LogP contribution in [0.2, 0.25) is 0 Å². The van der Waals surface area contributed by atoms with Gasteiger partial charge in [0.15, 0.2) is 0 Å². The summed E-state index contributed by atoms with van der Waals surface area (Å²) in [6, 6.07) is 14.8. The summed E-state index contributed by atoms with van der Waals surface area (Å²) in [7, 11) is 0. The van der Waals surface area contributed by atoms with Crippen molar-refractivity contribution < 1.29 is 24.1 Å². The standard InChI is InChI=1S/C24H30O5/c1-18-22(17-29-18)16-27-14-4-2-3-5-15-28-23-12-10-20(11-13-23)19-6-8-21(9-7-19)24(25)26/h6-13,18,22H,2-5,14-17H2,1H3,(H,25,26). The van der Waals surface area contributed by atoms with Crippen molar-refractivity contribution in [3.63, 3.8) is 0 Å². The van der Waals surface area contributed by atoms with Gasteiger partial charge in [-0.3, -0.25) is 0 Å². The molecule has 0 saturated carbocycles. The first-order valence-corrected chi connectivity index (χ1v) is 10.4. The van der Waals surface area contributed by atoms with Crippen LogP contribution in [0.5, 0.6) is 5.75 Å². The van der Waals surface area contributed by atoms with Gasteiger partial charge in [-0.05, 0) is 61.6 Å². The van der Waals surface area contributed by atoms with Gasteiger partial charge in [-0.2, -0.15) is 0 Å². The average Bonchev–Trinajstić information content (AvgIpc) is 2.74. The van der Waals surface area contributed by atoms with Gasteiger partial charge in [0.25, 0.3) is 0 Å². The van der Waals surface area contributed by atoms with Crippen molar-refractivity contribution in [1.29, 1.82) is 0 Å². The van der Waals surface area contributed by atoms with E-state index in [0.29, 0.717) is 24.2 Å². The van der Waals surface area contributed by atoms with Crippen molar-refractivity contribution in [2.24, 2.45) is 5.92 Å². The van der Waals surface area contributed by atoms with Gasteiger partial charge in [0.2, 0.25) is 0 Å². The lowest BCUT2D eigenvalue weighted by atomic mass is 10.0. The summed E-state index contributed by atoms with van der Waals surface area (Å²) < 4.78 is 16.9. The Bertz CT molecular complexity index is 754. The van der Waals surface area contributed by atoms with E-state index in [4.69, 9.17) is 19.3 Å². The third kappa shape index (κ3) is 6.58. The van der Waals surface area contributed by atoms with E-state index in [0.717, 1.165) is 62.4 Å². The second kappa shape index (κ2) is 11.0. The Hall–Kier alpha value is -2.37. The van der Waals surface area contributed by atoms with E-state index < -0.39 is 5.97 Å². The smallest absolute Gasteiger partial charge is 0.335 e. The lowest BCUT2D eigenvalue weighted by Gasteiger charge is -2.33. The molecule has 0 aromatic heterocycles. The Labute approximate surface area is 172 Å². The highest BCUT2D eigenvalue weighted by Crippen LogP contribution is 2.23. The molecule has 1 fully saturated rings. The zero-order chi connectivity index (χ0) is 20.5. The Morgan fingerprint density at radius 2 is 1.59 bits per heavy atom. The van der Waals surface area contributed by atoms with E-state index in [1.807, 2.05) is 36.4 Å². The lowest BCUT2D eigenvalue weighted by molar-refractivity contribution is -0.130. The summed E-state index contributed by atoms with van der Waals surface area (Å²) in [6.45, 7) is 5.31. The zero-order valence-corrected chi connectivity index (χ0v) is 17.0. The number of rotatable bonds is 12. The SMILES string of the molecule is CC1OCC1COCCCCCCOc1ccc(-c2ccc(C(=O)O)cc2)cc1. The molecule has 2 unspecified atom stereocenters. The van der Waals surface area contributed by atoms with Crippen LogP contribution in [0, 0.1) is 5.92 Å². The number of unbranched alkanes of at least 4 members (excludes halogenated alkanes) is 3. The molecule has 0 amide bonds. The molecule has 0 bridgehead atoms. The molecule has 3 rings (SSSR count). The van der Waals surface area contributed by atoms with Crippen LogP contribution in [0.15, 0.2) is 48.5 Å². The molecule has 2 aromatic rings. The van der Waals surface area contributed by atoms with Gasteiger partial charge >= 0.3 is 5.97 Å². The van der Waals surface area contributed by atoms with Gasteiger partial charge in [-0.15, -0.1) is 0 Å². The molecule has 156 valence electrons. The predicted octanol–water partition coefficient (Wildman–Crippen LogP) is 5.04.